The van der Waals surface area contributed by atoms with E-state index >= 15 is 0 Å². The Kier molecular flexibility index (Phi) is 6.95. The predicted octanol–water partition coefficient (Wildman–Crippen LogP) is 5.42. The third-order valence-corrected chi connectivity index (χ3v) is 6.52. The molecule has 166 valence electrons. The van der Waals surface area contributed by atoms with E-state index in [1.54, 1.807) is 16.8 Å². The van der Waals surface area contributed by atoms with Gasteiger partial charge in [-0.3, -0.25) is 19.5 Å². The third kappa shape index (κ3) is 5.18. The van der Waals surface area contributed by atoms with Crippen molar-refractivity contribution in [1.29, 1.82) is 0 Å². The Morgan fingerprint density at radius 2 is 1.64 bits per heavy atom. The smallest absolute Gasteiger partial charge is 0.212 e. The number of Topliss-reactive ketones (excluding diaryl/α,β-unsaturated/α-hetero) is 1. The topological polar surface area (TPSA) is 78.0 Å². The number of carbonyl (C=O) groups is 1. The molecule has 0 spiro atoms. The number of carbonyl (C=O) groups excluding carboxylic acids is 1. The number of ketones is 1. The molecule has 0 fully saturated rings. The molecule has 0 aliphatic carbocycles. The normalized spacial score (nSPS) is 12.8. The Morgan fingerprint density at radius 3 is 2.30 bits per heavy atom. The number of para-hydroxylation sites is 1. The van der Waals surface area contributed by atoms with E-state index in [4.69, 9.17) is 0 Å². The van der Waals surface area contributed by atoms with Gasteiger partial charge in [0.2, 0.25) is 12.3 Å². The maximum Gasteiger partial charge on any atom is 0.212 e. The van der Waals surface area contributed by atoms with Gasteiger partial charge in [0.25, 0.3) is 0 Å². The lowest BCUT2D eigenvalue weighted by atomic mass is 9.92. The molecule has 0 aliphatic heterocycles. The van der Waals surface area contributed by atoms with Gasteiger partial charge in [-0.25, -0.2) is 9.37 Å². The first kappa shape index (κ1) is 22.4. The molecule has 2 atom stereocenters. The molecule has 0 unspecified atom stereocenters. The molecule has 6 nitrogen and oxygen atoms in total. The molecule has 0 N–H and O–H groups in total. The number of halogens is 1. The summed E-state index contributed by atoms with van der Waals surface area (Å²) in [6.07, 6.45) is 3.18. The fourth-order valence-electron chi connectivity index (χ4n) is 3.67. The predicted molar refractivity (Wildman–Crippen MR) is 125 cm³/mol. The van der Waals surface area contributed by atoms with E-state index in [1.807, 2.05) is 60.7 Å². The standard InChI is InChI=1S/C25H20FN3O3S/c26-22-14-8-7-13-20(22)21(17-29(31)32)24(33-19-11-5-2-6-12-19)23(30)25-27-15-16-28(25)18-9-3-1-4-10-18/h1-16,21,24H,17H2/t21-,24+/m1/s1. The van der Waals surface area contributed by atoms with E-state index in [1.165, 1.54) is 36.2 Å². The van der Waals surface area contributed by atoms with E-state index in [2.05, 4.69) is 4.98 Å². The van der Waals surface area contributed by atoms with Crippen LogP contribution in [0.2, 0.25) is 0 Å². The Balaban J connectivity index is 1.81. The number of benzene rings is 3. The molecule has 8 heteroatoms. The molecule has 33 heavy (non-hydrogen) atoms. The van der Waals surface area contributed by atoms with Gasteiger partial charge in [0.1, 0.15) is 5.82 Å². The van der Waals surface area contributed by atoms with Crippen LogP contribution in [0.3, 0.4) is 0 Å². The minimum atomic E-state index is -1.00. The van der Waals surface area contributed by atoms with Gasteiger partial charge in [-0.05, 0) is 35.9 Å². The second-order valence-electron chi connectivity index (χ2n) is 7.32. The van der Waals surface area contributed by atoms with Crippen LogP contribution in [0.5, 0.6) is 0 Å². The zero-order valence-corrected chi connectivity index (χ0v) is 18.3. The van der Waals surface area contributed by atoms with E-state index in [-0.39, 0.29) is 11.4 Å². The van der Waals surface area contributed by atoms with Gasteiger partial charge in [0.05, 0.1) is 11.2 Å². The molecule has 0 bridgehead atoms. The summed E-state index contributed by atoms with van der Waals surface area (Å²) in [5.74, 6) is -1.85. The second kappa shape index (κ2) is 10.2. The highest BCUT2D eigenvalue weighted by atomic mass is 32.2. The van der Waals surface area contributed by atoms with E-state index in [0.29, 0.717) is 0 Å². The molecule has 4 aromatic rings. The largest absolute Gasteiger partial charge is 0.297 e. The number of imidazole rings is 1. The first-order valence-electron chi connectivity index (χ1n) is 10.3. The highest BCUT2D eigenvalue weighted by molar-refractivity contribution is 8.00. The highest BCUT2D eigenvalue weighted by Gasteiger charge is 2.38. The van der Waals surface area contributed by atoms with Crippen molar-refractivity contribution < 1.29 is 14.1 Å². The van der Waals surface area contributed by atoms with Crippen LogP contribution in [0.25, 0.3) is 5.69 Å². The Labute approximate surface area is 194 Å². The van der Waals surface area contributed by atoms with Crippen LogP contribution in [-0.2, 0) is 0 Å². The zero-order chi connectivity index (χ0) is 23.2. The highest BCUT2D eigenvalue weighted by Crippen LogP contribution is 2.37. The molecule has 4 rings (SSSR count). The Morgan fingerprint density at radius 1 is 1.00 bits per heavy atom. The summed E-state index contributed by atoms with van der Waals surface area (Å²) in [7, 11) is 0. The van der Waals surface area contributed by atoms with Crippen molar-refractivity contribution in [1.82, 2.24) is 9.55 Å². The number of hydrogen-bond donors (Lipinski definition) is 0. The monoisotopic (exact) mass is 461 g/mol. The average Bonchev–Trinajstić information content (AvgIpc) is 3.32. The lowest BCUT2D eigenvalue weighted by molar-refractivity contribution is -0.483. The molecular weight excluding hydrogens is 441 g/mol. The molecular formula is C25H20FN3O3S. The first-order chi connectivity index (χ1) is 16.0. The molecule has 0 amide bonds. The SMILES string of the molecule is O=C(c1nccn1-c1ccccc1)[C@@H](Sc1ccccc1)[C@H](C[N+](=O)[O-])c1ccccc1F. The summed E-state index contributed by atoms with van der Waals surface area (Å²) in [5, 5.41) is 10.6. The summed E-state index contributed by atoms with van der Waals surface area (Å²) in [5.41, 5.74) is 0.868. The van der Waals surface area contributed by atoms with Gasteiger partial charge in [0.15, 0.2) is 5.82 Å². The number of hydrogen-bond acceptors (Lipinski definition) is 5. The van der Waals surface area contributed by atoms with Crippen LogP contribution >= 0.6 is 11.8 Å². The summed E-state index contributed by atoms with van der Waals surface area (Å²) in [4.78, 5) is 30.0. The average molecular weight is 462 g/mol. The number of aromatic nitrogens is 2. The maximum atomic E-state index is 14.8. The van der Waals surface area contributed by atoms with Crippen LogP contribution in [0, 0.1) is 15.9 Å². The molecule has 0 saturated carbocycles. The van der Waals surface area contributed by atoms with Gasteiger partial charge in [-0.2, -0.15) is 0 Å². The van der Waals surface area contributed by atoms with E-state index in [0.717, 1.165) is 10.6 Å². The van der Waals surface area contributed by atoms with Crippen LogP contribution < -0.4 is 0 Å². The van der Waals surface area contributed by atoms with Gasteiger partial charge in [-0.1, -0.05) is 54.6 Å². The van der Waals surface area contributed by atoms with Crippen LogP contribution in [0.4, 0.5) is 4.39 Å². The summed E-state index contributed by atoms with van der Waals surface area (Å²) >= 11 is 1.18. The molecule has 0 saturated heterocycles. The number of rotatable bonds is 9. The molecule has 3 aromatic carbocycles. The molecule has 1 aromatic heterocycles. The van der Waals surface area contributed by atoms with E-state index < -0.39 is 34.2 Å². The van der Waals surface area contributed by atoms with Crippen molar-refractivity contribution in [2.75, 3.05) is 6.54 Å². The Hall–Kier alpha value is -3.78. The second-order valence-corrected chi connectivity index (χ2v) is 8.53. The molecule has 0 aliphatic rings. The zero-order valence-electron chi connectivity index (χ0n) is 17.5. The van der Waals surface area contributed by atoms with Crippen molar-refractivity contribution in [3.05, 3.63) is 125 Å². The minimum absolute atomic E-state index is 0.133. The van der Waals surface area contributed by atoms with Gasteiger partial charge < -0.3 is 0 Å². The lowest BCUT2D eigenvalue weighted by Gasteiger charge is -2.24. The number of nitro groups is 1. The third-order valence-electron chi connectivity index (χ3n) is 5.18. The number of nitrogens with zero attached hydrogens (tertiary/aromatic N) is 3. The summed E-state index contributed by atoms with van der Waals surface area (Å²) in [6.45, 7) is -0.594. The van der Waals surface area contributed by atoms with Crippen molar-refractivity contribution in [2.24, 2.45) is 0 Å². The van der Waals surface area contributed by atoms with Crippen molar-refractivity contribution in [2.45, 2.75) is 16.1 Å². The van der Waals surface area contributed by atoms with Crippen molar-refractivity contribution in [3.63, 3.8) is 0 Å². The summed E-state index contributed by atoms with van der Waals surface area (Å²) in [6, 6.07) is 24.2. The van der Waals surface area contributed by atoms with Crippen LogP contribution in [0.1, 0.15) is 22.1 Å². The maximum absolute atomic E-state index is 14.8. The Bertz CT molecular complexity index is 1250. The van der Waals surface area contributed by atoms with Gasteiger partial charge in [0, 0.05) is 27.9 Å². The van der Waals surface area contributed by atoms with Gasteiger partial charge >= 0.3 is 0 Å². The summed E-state index contributed by atoms with van der Waals surface area (Å²) < 4.78 is 16.4. The van der Waals surface area contributed by atoms with Crippen LogP contribution in [0.15, 0.2) is 102 Å². The minimum Gasteiger partial charge on any atom is -0.297 e. The van der Waals surface area contributed by atoms with Crippen molar-refractivity contribution in [3.8, 4) is 5.69 Å². The van der Waals surface area contributed by atoms with Gasteiger partial charge in [-0.15, -0.1) is 11.8 Å². The molecule has 0 radical (unpaired) electrons. The fourth-order valence-corrected chi connectivity index (χ4v) is 4.88. The van der Waals surface area contributed by atoms with Crippen LogP contribution in [-0.4, -0.2) is 32.1 Å². The van der Waals surface area contributed by atoms with Crippen molar-refractivity contribution >= 4 is 17.5 Å². The molecule has 1 heterocycles. The number of thioether (sulfide) groups is 1. The van der Waals surface area contributed by atoms with E-state index in [9.17, 15) is 19.3 Å². The fraction of sp³-hybridized carbons (Fsp3) is 0.120. The lowest BCUT2D eigenvalue weighted by Crippen LogP contribution is -2.32. The first-order valence-corrected chi connectivity index (χ1v) is 11.1. The quantitative estimate of drug-likeness (QED) is 0.144.